The van der Waals surface area contributed by atoms with Crippen LogP contribution in [0, 0.1) is 11.8 Å². The lowest BCUT2D eigenvalue weighted by molar-refractivity contribution is 0.0684. The zero-order valence-corrected chi connectivity index (χ0v) is 10.1. The molecular weight excluding hydrogens is 230 g/mol. The Morgan fingerprint density at radius 1 is 1.33 bits per heavy atom. The highest BCUT2D eigenvalue weighted by molar-refractivity contribution is 5.93. The van der Waals surface area contributed by atoms with E-state index in [1.165, 1.54) is 19.3 Å². The maximum Gasteiger partial charge on any atom is 0.339 e. The molecule has 0 radical (unpaired) electrons. The van der Waals surface area contributed by atoms with Gasteiger partial charge < -0.3 is 15.6 Å². The molecule has 0 heterocycles. The van der Waals surface area contributed by atoms with Crippen molar-refractivity contribution >= 4 is 11.7 Å². The van der Waals surface area contributed by atoms with E-state index in [2.05, 4.69) is 0 Å². The molecular formula is C14H17NO3. The number of anilines is 1. The third-order valence-corrected chi connectivity index (χ3v) is 4.22. The van der Waals surface area contributed by atoms with Crippen LogP contribution < -0.4 is 10.5 Å². The summed E-state index contributed by atoms with van der Waals surface area (Å²) in [4.78, 5) is 11.2. The first kappa shape index (κ1) is 11.4. The second-order valence-corrected chi connectivity index (χ2v) is 5.36. The average Bonchev–Trinajstić information content (AvgIpc) is 2.93. The predicted molar refractivity (Wildman–Crippen MR) is 67.7 cm³/mol. The van der Waals surface area contributed by atoms with Crippen LogP contribution in [0.2, 0.25) is 0 Å². The number of aromatic carboxylic acids is 1. The van der Waals surface area contributed by atoms with Crippen LogP contribution in [0.4, 0.5) is 5.69 Å². The number of carboxylic acid groups (broad SMARTS) is 1. The minimum absolute atomic E-state index is 0.145. The third-order valence-electron chi connectivity index (χ3n) is 4.22. The normalized spacial score (nSPS) is 29.4. The van der Waals surface area contributed by atoms with Crippen molar-refractivity contribution in [1.82, 2.24) is 0 Å². The number of hydrogen-bond donors (Lipinski definition) is 2. The summed E-state index contributed by atoms with van der Waals surface area (Å²) in [6.45, 7) is 0. The van der Waals surface area contributed by atoms with E-state index in [9.17, 15) is 4.79 Å². The van der Waals surface area contributed by atoms with Crippen molar-refractivity contribution in [1.29, 1.82) is 0 Å². The number of carboxylic acids is 1. The first-order chi connectivity index (χ1) is 8.65. The summed E-state index contributed by atoms with van der Waals surface area (Å²) >= 11 is 0. The van der Waals surface area contributed by atoms with E-state index in [0.29, 0.717) is 17.4 Å². The highest BCUT2D eigenvalue weighted by Gasteiger charge is 2.41. The molecule has 2 aliphatic carbocycles. The van der Waals surface area contributed by atoms with Crippen molar-refractivity contribution in [3.8, 4) is 5.75 Å². The van der Waals surface area contributed by atoms with Crippen LogP contribution in [0.5, 0.6) is 5.75 Å². The van der Waals surface area contributed by atoms with Gasteiger partial charge in [0.15, 0.2) is 5.75 Å². The number of para-hydroxylation sites is 1. The molecule has 0 amide bonds. The number of nitrogen functional groups attached to an aromatic ring is 1. The molecule has 3 atom stereocenters. The van der Waals surface area contributed by atoms with Crippen molar-refractivity contribution < 1.29 is 14.6 Å². The standard InChI is InChI=1S/C14H17NO3/c15-11-3-1-2-10(14(16)17)13(11)18-12-7-8-4-5-9(12)6-8/h1-3,8-9,12H,4-7,15H2,(H,16,17). The smallest absolute Gasteiger partial charge is 0.339 e. The van der Waals surface area contributed by atoms with E-state index in [4.69, 9.17) is 15.6 Å². The van der Waals surface area contributed by atoms with Gasteiger partial charge >= 0.3 is 5.97 Å². The molecule has 18 heavy (non-hydrogen) atoms. The number of fused-ring (bicyclic) bond motifs is 2. The fraction of sp³-hybridized carbons (Fsp3) is 0.500. The van der Waals surface area contributed by atoms with Crippen molar-refractivity contribution in [2.45, 2.75) is 31.8 Å². The number of ether oxygens (including phenoxy) is 1. The van der Waals surface area contributed by atoms with Gasteiger partial charge in [-0.25, -0.2) is 4.79 Å². The van der Waals surface area contributed by atoms with Crippen molar-refractivity contribution in [3.63, 3.8) is 0 Å². The Balaban J connectivity index is 1.86. The Labute approximate surface area is 106 Å². The number of carbonyl (C=O) groups is 1. The van der Waals surface area contributed by atoms with Gasteiger partial charge in [-0.05, 0) is 49.7 Å². The van der Waals surface area contributed by atoms with Gasteiger partial charge in [0.25, 0.3) is 0 Å². The maximum atomic E-state index is 11.2. The first-order valence-corrected chi connectivity index (χ1v) is 6.43. The molecule has 0 aliphatic heterocycles. The largest absolute Gasteiger partial charge is 0.487 e. The zero-order valence-electron chi connectivity index (χ0n) is 10.1. The molecule has 1 aromatic carbocycles. The fourth-order valence-electron chi connectivity index (χ4n) is 3.34. The lowest BCUT2D eigenvalue weighted by atomic mass is 9.97. The summed E-state index contributed by atoms with van der Waals surface area (Å²) in [6.07, 6.45) is 4.90. The second-order valence-electron chi connectivity index (χ2n) is 5.36. The van der Waals surface area contributed by atoms with Crippen LogP contribution >= 0.6 is 0 Å². The second kappa shape index (κ2) is 4.19. The summed E-state index contributed by atoms with van der Waals surface area (Å²) in [5, 5.41) is 9.16. The summed E-state index contributed by atoms with van der Waals surface area (Å²) in [5.41, 5.74) is 6.43. The van der Waals surface area contributed by atoms with Crippen LogP contribution in [0.1, 0.15) is 36.0 Å². The highest BCUT2D eigenvalue weighted by atomic mass is 16.5. The quantitative estimate of drug-likeness (QED) is 0.805. The van der Waals surface area contributed by atoms with Crippen LogP contribution in [0.25, 0.3) is 0 Å². The van der Waals surface area contributed by atoms with Gasteiger partial charge in [-0.15, -0.1) is 0 Å². The van der Waals surface area contributed by atoms with Gasteiger partial charge in [-0.1, -0.05) is 6.07 Å². The molecule has 1 aromatic rings. The van der Waals surface area contributed by atoms with Gasteiger partial charge in [-0.3, -0.25) is 0 Å². The number of hydrogen-bond acceptors (Lipinski definition) is 3. The maximum absolute atomic E-state index is 11.2. The number of benzene rings is 1. The molecule has 0 saturated heterocycles. The average molecular weight is 247 g/mol. The molecule has 0 aromatic heterocycles. The molecule has 3 N–H and O–H groups in total. The molecule has 3 rings (SSSR count). The molecule has 2 aliphatic rings. The Morgan fingerprint density at radius 3 is 2.78 bits per heavy atom. The van der Waals surface area contributed by atoms with Crippen molar-refractivity contribution in [2.75, 3.05) is 5.73 Å². The van der Waals surface area contributed by atoms with E-state index in [1.54, 1.807) is 18.2 Å². The predicted octanol–water partition coefficient (Wildman–Crippen LogP) is 2.53. The van der Waals surface area contributed by atoms with Crippen LogP contribution in [-0.4, -0.2) is 17.2 Å². The zero-order chi connectivity index (χ0) is 12.7. The number of nitrogens with two attached hydrogens (primary N) is 1. The molecule has 3 unspecified atom stereocenters. The molecule has 2 fully saturated rings. The van der Waals surface area contributed by atoms with Gasteiger partial charge in [0.2, 0.25) is 0 Å². The lowest BCUT2D eigenvalue weighted by Gasteiger charge is -2.24. The molecule has 4 nitrogen and oxygen atoms in total. The Bertz CT molecular complexity index is 486. The molecule has 96 valence electrons. The van der Waals surface area contributed by atoms with Crippen molar-refractivity contribution in [3.05, 3.63) is 23.8 Å². The van der Waals surface area contributed by atoms with Gasteiger partial charge in [0.05, 0.1) is 5.69 Å². The Hall–Kier alpha value is -1.71. The van der Waals surface area contributed by atoms with E-state index < -0.39 is 5.97 Å². The molecule has 2 bridgehead atoms. The Morgan fingerprint density at radius 2 is 2.17 bits per heavy atom. The van der Waals surface area contributed by atoms with Gasteiger partial charge in [0, 0.05) is 0 Å². The van der Waals surface area contributed by atoms with Crippen LogP contribution in [0.3, 0.4) is 0 Å². The minimum Gasteiger partial charge on any atom is -0.487 e. The fourth-order valence-corrected chi connectivity index (χ4v) is 3.34. The van der Waals surface area contributed by atoms with E-state index in [-0.39, 0.29) is 11.7 Å². The molecule has 0 spiro atoms. The topological polar surface area (TPSA) is 72.6 Å². The van der Waals surface area contributed by atoms with Gasteiger partial charge in [-0.2, -0.15) is 0 Å². The first-order valence-electron chi connectivity index (χ1n) is 6.43. The van der Waals surface area contributed by atoms with Crippen molar-refractivity contribution in [2.24, 2.45) is 11.8 Å². The third kappa shape index (κ3) is 1.82. The summed E-state index contributed by atoms with van der Waals surface area (Å²) in [6, 6.07) is 4.88. The van der Waals surface area contributed by atoms with E-state index in [0.717, 1.165) is 12.3 Å². The van der Waals surface area contributed by atoms with Crippen LogP contribution in [0.15, 0.2) is 18.2 Å². The molecule has 4 heteroatoms. The van der Waals surface area contributed by atoms with Crippen LogP contribution in [-0.2, 0) is 0 Å². The Kier molecular flexibility index (Phi) is 2.65. The summed E-state index contributed by atoms with van der Waals surface area (Å²) in [7, 11) is 0. The SMILES string of the molecule is Nc1cccc(C(=O)O)c1OC1CC2CCC1C2. The monoisotopic (exact) mass is 247 g/mol. The number of rotatable bonds is 3. The minimum atomic E-state index is -0.986. The highest BCUT2D eigenvalue weighted by Crippen LogP contribution is 2.46. The molecule has 2 saturated carbocycles. The summed E-state index contributed by atoms with van der Waals surface area (Å²) in [5.74, 6) is 0.706. The summed E-state index contributed by atoms with van der Waals surface area (Å²) < 4.78 is 5.93. The van der Waals surface area contributed by atoms with E-state index >= 15 is 0 Å². The van der Waals surface area contributed by atoms with E-state index in [1.807, 2.05) is 0 Å². The van der Waals surface area contributed by atoms with Gasteiger partial charge in [0.1, 0.15) is 11.7 Å². The lowest BCUT2D eigenvalue weighted by Crippen LogP contribution is -2.24.